The molecule has 30 heavy (non-hydrogen) atoms. The second-order valence-electron chi connectivity index (χ2n) is 8.20. The van der Waals surface area contributed by atoms with Crippen LogP contribution in [0.1, 0.15) is 43.0 Å². The van der Waals surface area contributed by atoms with Crippen LogP contribution in [-0.4, -0.2) is 45.3 Å². The summed E-state index contributed by atoms with van der Waals surface area (Å²) in [7, 11) is 0. The Labute approximate surface area is 180 Å². The molecule has 4 rings (SSSR count). The highest BCUT2D eigenvalue weighted by Crippen LogP contribution is 2.33. The first-order chi connectivity index (χ1) is 14.5. The second kappa shape index (κ2) is 9.29. The first-order valence-corrected chi connectivity index (χ1v) is 11.5. The minimum atomic E-state index is -0.642. The summed E-state index contributed by atoms with van der Waals surface area (Å²) in [5, 5.41) is 11.3. The molecule has 0 aliphatic heterocycles. The van der Waals surface area contributed by atoms with Crippen molar-refractivity contribution in [3.05, 3.63) is 57.0 Å². The van der Waals surface area contributed by atoms with E-state index in [9.17, 15) is 9.90 Å². The Morgan fingerprint density at radius 1 is 1.23 bits per heavy atom. The van der Waals surface area contributed by atoms with E-state index in [1.807, 2.05) is 30.3 Å². The Kier molecular flexibility index (Phi) is 6.51. The van der Waals surface area contributed by atoms with Crippen LogP contribution in [0.2, 0.25) is 0 Å². The number of hydrogen-bond donors (Lipinski definition) is 2. The molecule has 0 saturated carbocycles. The van der Waals surface area contributed by atoms with Crippen molar-refractivity contribution in [3.63, 3.8) is 0 Å². The number of aliphatic hydroxyl groups is 1. The summed E-state index contributed by atoms with van der Waals surface area (Å²) in [5.74, 6) is 1.39. The zero-order valence-electron chi connectivity index (χ0n) is 17.6. The van der Waals surface area contributed by atoms with Crippen molar-refractivity contribution in [2.24, 2.45) is 0 Å². The number of aryl methyl sites for hydroxylation is 2. The number of nitrogens with zero attached hydrogens (tertiary/aromatic N) is 2. The predicted octanol–water partition coefficient (Wildman–Crippen LogP) is 3.51. The van der Waals surface area contributed by atoms with Crippen LogP contribution in [0.15, 0.2) is 35.1 Å². The topological polar surface area (TPSA) is 78.5 Å². The Morgan fingerprint density at radius 3 is 2.77 bits per heavy atom. The first kappa shape index (κ1) is 21.0. The van der Waals surface area contributed by atoms with E-state index in [1.165, 1.54) is 16.9 Å². The summed E-state index contributed by atoms with van der Waals surface area (Å²) >= 11 is 1.66. The molecular formula is C23H29N3O3S. The molecule has 0 fully saturated rings. The van der Waals surface area contributed by atoms with E-state index in [0.717, 1.165) is 35.2 Å². The molecule has 0 radical (unpaired) electrons. The number of thiophene rings is 1. The van der Waals surface area contributed by atoms with Crippen molar-refractivity contribution in [1.82, 2.24) is 14.9 Å². The van der Waals surface area contributed by atoms with Gasteiger partial charge >= 0.3 is 0 Å². The summed E-state index contributed by atoms with van der Waals surface area (Å²) in [6.07, 6.45) is 3.72. The van der Waals surface area contributed by atoms with Gasteiger partial charge in [-0.05, 0) is 57.2 Å². The fourth-order valence-electron chi connectivity index (χ4n) is 3.97. The van der Waals surface area contributed by atoms with E-state index in [0.29, 0.717) is 18.9 Å². The van der Waals surface area contributed by atoms with Crippen LogP contribution in [0.3, 0.4) is 0 Å². The van der Waals surface area contributed by atoms with Crippen LogP contribution < -0.4 is 10.3 Å². The lowest BCUT2D eigenvalue weighted by atomic mass is 9.97. The SMILES string of the molecule is CC(C)N(Cc1nc2sc3c(c2c(=O)[nH]1)CCCC3)C[C@H](O)COc1ccccc1. The Hall–Kier alpha value is -2.22. The maximum Gasteiger partial charge on any atom is 0.259 e. The third kappa shape index (κ3) is 4.74. The lowest BCUT2D eigenvalue weighted by Crippen LogP contribution is -2.40. The molecule has 7 heteroatoms. The second-order valence-corrected chi connectivity index (χ2v) is 9.29. The van der Waals surface area contributed by atoms with Crippen molar-refractivity contribution in [1.29, 1.82) is 0 Å². The average molecular weight is 428 g/mol. The molecule has 2 aromatic heterocycles. The molecule has 6 nitrogen and oxygen atoms in total. The van der Waals surface area contributed by atoms with Crippen LogP contribution in [0.4, 0.5) is 0 Å². The molecule has 0 amide bonds. The molecule has 0 bridgehead atoms. The molecule has 1 aliphatic carbocycles. The fourth-order valence-corrected chi connectivity index (χ4v) is 5.25. The maximum atomic E-state index is 12.8. The normalized spacial score (nSPS) is 15.0. The zero-order chi connectivity index (χ0) is 21.1. The van der Waals surface area contributed by atoms with Gasteiger partial charge in [0.2, 0.25) is 0 Å². The van der Waals surface area contributed by atoms with Gasteiger partial charge in [-0.25, -0.2) is 4.98 Å². The van der Waals surface area contributed by atoms with Gasteiger partial charge in [0, 0.05) is 17.5 Å². The van der Waals surface area contributed by atoms with Gasteiger partial charge in [-0.3, -0.25) is 9.69 Å². The van der Waals surface area contributed by atoms with Crippen molar-refractivity contribution >= 4 is 21.6 Å². The molecule has 160 valence electrons. The van der Waals surface area contributed by atoms with E-state index < -0.39 is 6.10 Å². The highest BCUT2D eigenvalue weighted by atomic mass is 32.1. The van der Waals surface area contributed by atoms with E-state index in [1.54, 1.807) is 11.3 Å². The summed E-state index contributed by atoms with van der Waals surface area (Å²) < 4.78 is 5.67. The average Bonchev–Trinajstić information content (AvgIpc) is 3.11. The largest absolute Gasteiger partial charge is 0.491 e. The lowest BCUT2D eigenvalue weighted by Gasteiger charge is -2.28. The molecule has 3 aromatic rings. The van der Waals surface area contributed by atoms with Crippen molar-refractivity contribution in [3.8, 4) is 5.75 Å². The highest BCUT2D eigenvalue weighted by molar-refractivity contribution is 7.18. The van der Waals surface area contributed by atoms with E-state index in [4.69, 9.17) is 9.72 Å². The van der Waals surface area contributed by atoms with Gasteiger partial charge in [0.05, 0.1) is 11.9 Å². The number of aromatic nitrogens is 2. The number of aliphatic hydroxyl groups excluding tert-OH is 1. The lowest BCUT2D eigenvalue weighted by molar-refractivity contribution is 0.0533. The van der Waals surface area contributed by atoms with Crippen molar-refractivity contribution in [2.45, 2.75) is 58.2 Å². The number of hydrogen-bond acceptors (Lipinski definition) is 6. The molecule has 0 saturated heterocycles. The summed E-state index contributed by atoms with van der Waals surface area (Å²) in [4.78, 5) is 24.8. The van der Waals surface area contributed by atoms with Gasteiger partial charge in [0.1, 0.15) is 29.1 Å². The van der Waals surface area contributed by atoms with Crippen LogP contribution in [-0.2, 0) is 19.4 Å². The molecule has 1 atom stereocenters. The fraction of sp³-hybridized carbons (Fsp3) is 0.478. The predicted molar refractivity (Wildman–Crippen MR) is 120 cm³/mol. The third-order valence-electron chi connectivity index (χ3n) is 5.59. The molecule has 0 spiro atoms. The Bertz CT molecular complexity index is 1050. The number of para-hydroxylation sites is 1. The van der Waals surface area contributed by atoms with Crippen LogP contribution in [0.5, 0.6) is 5.75 Å². The number of rotatable bonds is 8. The molecule has 0 unspecified atom stereocenters. The van der Waals surface area contributed by atoms with Crippen LogP contribution in [0.25, 0.3) is 10.2 Å². The zero-order valence-corrected chi connectivity index (χ0v) is 18.4. The number of fused-ring (bicyclic) bond motifs is 3. The highest BCUT2D eigenvalue weighted by Gasteiger charge is 2.21. The Balaban J connectivity index is 1.46. The number of ether oxygens (including phenoxy) is 1. The Morgan fingerprint density at radius 2 is 2.00 bits per heavy atom. The first-order valence-electron chi connectivity index (χ1n) is 10.6. The van der Waals surface area contributed by atoms with Gasteiger partial charge in [0.15, 0.2) is 0 Å². The number of H-pyrrole nitrogens is 1. The van der Waals surface area contributed by atoms with Crippen molar-refractivity contribution < 1.29 is 9.84 Å². The minimum absolute atomic E-state index is 0.0361. The summed E-state index contributed by atoms with van der Waals surface area (Å²) in [5.41, 5.74) is 1.17. The van der Waals surface area contributed by atoms with Crippen LogP contribution >= 0.6 is 11.3 Å². The quantitative estimate of drug-likeness (QED) is 0.575. The minimum Gasteiger partial charge on any atom is -0.491 e. The standard InChI is InChI=1S/C23H29N3O3S/c1-15(2)26(12-16(27)14-29-17-8-4-3-5-9-17)13-20-24-22(28)21-18-10-6-7-11-19(18)30-23(21)25-20/h3-5,8-9,15-16,27H,6-7,10-14H2,1-2H3,(H,24,25,28)/t16-/m0/s1. The van der Waals surface area contributed by atoms with E-state index >= 15 is 0 Å². The van der Waals surface area contributed by atoms with Crippen LogP contribution in [0, 0.1) is 0 Å². The van der Waals surface area contributed by atoms with Gasteiger partial charge < -0.3 is 14.8 Å². The smallest absolute Gasteiger partial charge is 0.259 e. The summed E-state index contributed by atoms with van der Waals surface area (Å²) in [6, 6.07) is 9.67. The summed E-state index contributed by atoms with van der Waals surface area (Å²) in [6.45, 7) is 5.28. The van der Waals surface area contributed by atoms with Gasteiger partial charge in [0.25, 0.3) is 5.56 Å². The third-order valence-corrected chi connectivity index (χ3v) is 6.77. The maximum absolute atomic E-state index is 12.8. The van der Waals surface area contributed by atoms with Crippen molar-refractivity contribution in [2.75, 3.05) is 13.2 Å². The molecular weight excluding hydrogens is 398 g/mol. The van der Waals surface area contributed by atoms with E-state index in [-0.39, 0.29) is 18.2 Å². The van der Waals surface area contributed by atoms with Gasteiger partial charge in [-0.15, -0.1) is 11.3 Å². The molecule has 2 heterocycles. The number of aromatic amines is 1. The molecule has 1 aliphatic rings. The van der Waals surface area contributed by atoms with Gasteiger partial charge in [-0.1, -0.05) is 18.2 Å². The number of nitrogens with one attached hydrogen (secondary N) is 1. The number of benzene rings is 1. The monoisotopic (exact) mass is 427 g/mol. The molecule has 2 N–H and O–H groups in total. The van der Waals surface area contributed by atoms with E-state index in [2.05, 4.69) is 23.7 Å². The van der Waals surface area contributed by atoms with Gasteiger partial charge in [-0.2, -0.15) is 0 Å². The molecule has 1 aromatic carbocycles.